The average Bonchev–Trinajstić information content (AvgIpc) is 2.98. The molecule has 2 N–H and O–H groups in total. The van der Waals surface area contributed by atoms with Gasteiger partial charge in [-0.3, -0.25) is 4.79 Å². The maximum absolute atomic E-state index is 11.9. The zero-order valence-electron chi connectivity index (χ0n) is 10.9. The minimum atomic E-state index is -0.773. The van der Waals surface area contributed by atoms with Gasteiger partial charge >= 0.3 is 12.0 Å². The van der Waals surface area contributed by atoms with Crippen molar-refractivity contribution in [3.05, 3.63) is 0 Å². The highest BCUT2D eigenvalue weighted by Gasteiger charge is 2.41. The first kappa shape index (κ1) is 13.2. The van der Waals surface area contributed by atoms with E-state index in [4.69, 9.17) is 5.11 Å². The number of amides is 2. The van der Waals surface area contributed by atoms with Crippen LogP contribution in [0.15, 0.2) is 0 Å². The molecule has 1 saturated carbocycles. The maximum atomic E-state index is 11.9. The Bertz CT molecular complexity index is 339. The van der Waals surface area contributed by atoms with Crippen LogP contribution in [0.4, 0.5) is 4.79 Å². The van der Waals surface area contributed by atoms with Gasteiger partial charge in [0.2, 0.25) is 0 Å². The molecule has 18 heavy (non-hydrogen) atoms. The highest BCUT2D eigenvalue weighted by Crippen LogP contribution is 2.47. The van der Waals surface area contributed by atoms with Crippen LogP contribution in [0.25, 0.3) is 0 Å². The Hall–Kier alpha value is -1.26. The quantitative estimate of drug-likeness (QED) is 0.784. The Balaban J connectivity index is 1.72. The van der Waals surface area contributed by atoms with Gasteiger partial charge in [0.05, 0.1) is 0 Å². The van der Waals surface area contributed by atoms with Gasteiger partial charge < -0.3 is 15.3 Å². The van der Waals surface area contributed by atoms with Crippen LogP contribution in [0.1, 0.15) is 39.0 Å². The first-order valence-corrected chi connectivity index (χ1v) is 6.79. The van der Waals surface area contributed by atoms with Gasteiger partial charge in [0.25, 0.3) is 0 Å². The van der Waals surface area contributed by atoms with E-state index in [9.17, 15) is 9.59 Å². The van der Waals surface area contributed by atoms with E-state index in [-0.39, 0.29) is 18.4 Å². The summed E-state index contributed by atoms with van der Waals surface area (Å²) in [4.78, 5) is 24.3. The van der Waals surface area contributed by atoms with Crippen LogP contribution in [0.2, 0.25) is 0 Å². The summed E-state index contributed by atoms with van der Waals surface area (Å²) in [5.41, 5.74) is 0.357. The lowest BCUT2D eigenvalue weighted by molar-refractivity contribution is -0.138. The van der Waals surface area contributed by atoms with Crippen LogP contribution >= 0.6 is 0 Å². The Morgan fingerprint density at radius 1 is 1.44 bits per heavy atom. The van der Waals surface area contributed by atoms with E-state index in [2.05, 4.69) is 12.2 Å². The third-order valence-electron chi connectivity index (χ3n) is 4.36. The molecule has 102 valence electrons. The second-order valence-corrected chi connectivity index (χ2v) is 5.71. The number of carboxylic acid groups (broad SMARTS) is 1. The number of hydrogen-bond donors (Lipinski definition) is 2. The molecule has 1 atom stereocenters. The number of hydrogen-bond acceptors (Lipinski definition) is 2. The lowest BCUT2D eigenvalue weighted by Gasteiger charge is -2.20. The third kappa shape index (κ3) is 3.15. The molecule has 1 unspecified atom stereocenters. The van der Waals surface area contributed by atoms with Crippen LogP contribution in [-0.4, -0.2) is 41.6 Å². The van der Waals surface area contributed by atoms with Crippen molar-refractivity contribution in [3.8, 4) is 0 Å². The second kappa shape index (κ2) is 5.16. The van der Waals surface area contributed by atoms with Gasteiger partial charge in [0.1, 0.15) is 0 Å². The molecule has 2 aliphatic rings. The molecular formula is C13H22N2O3. The zero-order valence-corrected chi connectivity index (χ0v) is 10.9. The highest BCUT2D eigenvalue weighted by atomic mass is 16.4. The van der Waals surface area contributed by atoms with Gasteiger partial charge in [-0.15, -0.1) is 0 Å². The minimum absolute atomic E-state index is 0.0254. The number of aliphatic carboxylic acids is 1. The highest BCUT2D eigenvalue weighted by molar-refractivity contribution is 5.75. The number of likely N-dealkylation sites (tertiary alicyclic amines) is 1. The molecule has 0 aromatic rings. The van der Waals surface area contributed by atoms with E-state index in [1.165, 1.54) is 12.8 Å². The SMILES string of the molecule is CCC1(CNC(=O)N2CCC(CC(=O)O)C2)CC1. The molecular weight excluding hydrogens is 232 g/mol. The Morgan fingerprint density at radius 2 is 2.17 bits per heavy atom. The summed E-state index contributed by atoms with van der Waals surface area (Å²) in [6.45, 7) is 4.19. The fourth-order valence-corrected chi connectivity index (χ4v) is 2.64. The van der Waals surface area contributed by atoms with E-state index in [1.54, 1.807) is 4.90 Å². The third-order valence-corrected chi connectivity index (χ3v) is 4.36. The van der Waals surface area contributed by atoms with Crippen LogP contribution in [-0.2, 0) is 4.79 Å². The molecule has 0 aromatic heterocycles. The summed E-state index contributed by atoms with van der Waals surface area (Å²) >= 11 is 0. The molecule has 1 aliphatic carbocycles. The normalized spacial score (nSPS) is 24.9. The van der Waals surface area contributed by atoms with Crippen molar-refractivity contribution in [1.82, 2.24) is 10.2 Å². The van der Waals surface area contributed by atoms with Gasteiger partial charge in [0.15, 0.2) is 0 Å². The van der Waals surface area contributed by atoms with E-state index in [1.807, 2.05) is 0 Å². The van der Waals surface area contributed by atoms with E-state index < -0.39 is 5.97 Å². The number of nitrogens with zero attached hydrogens (tertiary/aromatic N) is 1. The molecule has 1 heterocycles. The number of urea groups is 1. The van der Waals surface area contributed by atoms with Crippen molar-refractivity contribution < 1.29 is 14.7 Å². The molecule has 5 heteroatoms. The minimum Gasteiger partial charge on any atom is -0.481 e. The van der Waals surface area contributed by atoms with Crippen molar-refractivity contribution >= 4 is 12.0 Å². The number of rotatable bonds is 5. The fraction of sp³-hybridized carbons (Fsp3) is 0.846. The summed E-state index contributed by atoms with van der Waals surface area (Å²) < 4.78 is 0. The molecule has 0 radical (unpaired) electrons. The Morgan fingerprint density at radius 3 is 2.72 bits per heavy atom. The monoisotopic (exact) mass is 254 g/mol. The number of nitrogens with one attached hydrogen (secondary N) is 1. The zero-order chi connectivity index (χ0) is 13.2. The van der Waals surface area contributed by atoms with Crippen molar-refractivity contribution in [1.29, 1.82) is 0 Å². The number of carboxylic acids is 1. The van der Waals surface area contributed by atoms with Crippen LogP contribution in [0.5, 0.6) is 0 Å². The van der Waals surface area contributed by atoms with E-state index >= 15 is 0 Å². The van der Waals surface area contributed by atoms with E-state index in [0.29, 0.717) is 18.5 Å². The predicted molar refractivity (Wildman–Crippen MR) is 67.3 cm³/mol. The van der Waals surface area contributed by atoms with Gasteiger partial charge in [-0.1, -0.05) is 6.92 Å². The first-order chi connectivity index (χ1) is 8.54. The summed E-state index contributed by atoms with van der Waals surface area (Å²) in [6, 6.07) is -0.0254. The predicted octanol–water partition coefficient (Wildman–Crippen LogP) is 1.68. The summed E-state index contributed by atoms with van der Waals surface area (Å²) in [5.74, 6) is -0.653. The standard InChI is InChI=1S/C13H22N2O3/c1-2-13(4-5-13)9-14-12(18)15-6-3-10(8-15)7-11(16)17/h10H,2-9H2,1H3,(H,14,18)(H,16,17). The van der Waals surface area contributed by atoms with Gasteiger partial charge in [-0.2, -0.15) is 0 Å². The molecule has 0 spiro atoms. The van der Waals surface area contributed by atoms with Gasteiger partial charge in [0, 0.05) is 26.1 Å². The molecule has 0 bridgehead atoms. The van der Waals surface area contributed by atoms with E-state index in [0.717, 1.165) is 19.4 Å². The first-order valence-electron chi connectivity index (χ1n) is 6.79. The molecule has 2 rings (SSSR count). The topological polar surface area (TPSA) is 69.6 Å². The van der Waals surface area contributed by atoms with Crippen LogP contribution in [0, 0.1) is 11.3 Å². The van der Waals surface area contributed by atoms with Crippen LogP contribution in [0.3, 0.4) is 0 Å². The molecule has 2 amide bonds. The lowest BCUT2D eigenvalue weighted by Crippen LogP contribution is -2.41. The lowest BCUT2D eigenvalue weighted by atomic mass is 10.0. The average molecular weight is 254 g/mol. The Kier molecular flexibility index (Phi) is 3.78. The van der Waals surface area contributed by atoms with Crippen LogP contribution < -0.4 is 5.32 Å². The van der Waals surface area contributed by atoms with Crippen molar-refractivity contribution in [2.45, 2.75) is 39.0 Å². The summed E-state index contributed by atoms with van der Waals surface area (Å²) in [6.07, 6.45) is 4.52. The molecule has 1 saturated heterocycles. The molecule has 5 nitrogen and oxygen atoms in total. The molecule has 2 fully saturated rings. The summed E-state index contributed by atoms with van der Waals surface area (Å²) in [7, 11) is 0. The number of carbonyl (C=O) groups excluding carboxylic acids is 1. The second-order valence-electron chi connectivity index (χ2n) is 5.71. The summed E-state index contributed by atoms with van der Waals surface area (Å²) in [5, 5.41) is 11.7. The largest absolute Gasteiger partial charge is 0.481 e. The van der Waals surface area contributed by atoms with Crippen molar-refractivity contribution in [3.63, 3.8) is 0 Å². The number of carbonyl (C=O) groups is 2. The fourth-order valence-electron chi connectivity index (χ4n) is 2.64. The van der Waals surface area contributed by atoms with Gasteiger partial charge in [-0.25, -0.2) is 4.79 Å². The van der Waals surface area contributed by atoms with Crippen molar-refractivity contribution in [2.24, 2.45) is 11.3 Å². The Labute approximate surface area is 108 Å². The smallest absolute Gasteiger partial charge is 0.317 e. The maximum Gasteiger partial charge on any atom is 0.317 e. The van der Waals surface area contributed by atoms with Gasteiger partial charge in [-0.05, 0) is 37.0 Å². The van der Waals surface area contributed by atoms with Crippen molar-refractivity contribution in [2.75, 3.05) is 19.6 Å². The molecule has 0 aromatic carbocycles. The molecule has 1 aliphatic heterocycles.